The standard InChI is InChI=1S/C7H13N3/c1-4-7(8)10-6(3)9-5-2/h5,8H,4H2,1-3H3. The van der Waals surface area contributed by atoms with Gasteiger partial charge < -0.3 is 0 Å². The molecule has 0 rings (SSSR count). The van der Waals surface area contributed by atoms with Crippen LogP contribution in [0.3, 0.4) is 0 Å². The third kappa shape index (κ3) is 3.95. The lowest BCUT2D eigenvalue weighted by atomic mass is 10.4. The van der Waals surface area contributed by atoms with Gasteiger partial charge in [0.1, 0.15) is 11.7 Å². The summed E-state index contributed by atoms with van der Waals surface area (Å²) < 4.78 is 0. The molecular weight excluding hydrogens is 126 g/mol. The monoisotopic (exact) mass is 139 g/mol. The van der Waals surface area contributed by atoms with Gasteiger partial charge in [0.2, 0.25) is 0 Å². The molecule has 0 atom stereocenters. The molecule has 0 spiro atoms. The number of amidine groups is 2. The minimum atomic E-state index is 0.378. The SMILES string of the molecule is CC=NC(C)=NC(=N)CC. The van der Waals surface area contributed by atoms with E-state index in [1.807, 2.05) is 13.8 Å². The predicted molar refractivity (Wildman–Crippen MR) is 45.3 cm³/mol. The Morgan fingerprint density at radius 2 is 2.20 bits per heavy atom. The van der Waals surface area contributed by atoms with E-state index in [2.05, 4.69) is 9.98 Å². The lowest BCUT2D eigenvalue weighted by Gasteiger charge is -1.91. The summed E-state index contributed by atoms with van der Waals surface area (Å²) in [7, 11) is 0. The van der Waals surface area contributed by atoms with Gasteiger partial charge in [0.05, 0.1) is 0 Å². The van der Waals surface area contributed by atoms with E-state index in [1.54, 1.807) is 13.1 Å². The average molecular weight is 139 g/mol. The number of nitrogens with one attached hydrogen (secondary N) is 1. The van der Waals surface area contributed by atoms with E-state index in [0.29, 0.717) is 18.1 Å². The molecule has 0 amide bonds. The topological polar surface area (TPSA) is 48.6 Å². The molecule has 10 heavy (non-hydrogen) atoms. The van der Waals surface area contributed by atoms with E-state index in [1.165, 1.54) is 0 Å². The van der Waals surface area contributed by atoms with Crippen LogP contribution in [0.15, 0.2) is 9.98 Å². The summed E-state index contributed by atoms with van der Waals surface area (Å²) >= 11 is 0. The number of nitrogens with zero attached hydrogens (tertiary/aromatic N) is 2. The maximum Gasteiger partial charge on any atom is 0.126 e. The van der Waals surface area contributed by atoms with Gasteiger partial charge in [-0.05, 0) is 13.8 Å². The molecule has 0 unspecified atom stereocenters. The van der Waals surface area contributed by atoms with Gasteiger partial charge in [0.25, 0.3) is 0 Å². The molecule has 56 valence electrons. The van der Waals surface area contributed by atoms with Gasteiger partial charge in [-0.25, -0.2) is 9.98 Å². The normalized spacial score (nSPS) is 12.5. The van der Waals surface area contributed by atoms with Gasteiger partial charge in [-0.15, -0.1) is 0 Å². The second kappa shape index (κ2) is 4.85. The zero-order valence-corrected chi connectivity index (χ0v) is 6.68. The first-order chi connectivity index (χ1) is 4.70. The van der Waals surface area contributed by atoms with Crippen LogP contribution in [0.2, 0.25) is 0 Å². The summed E-state index contributed by atoms with van der Waals surface area (Å²) in [6.07, 6.45) is 2.33. The molecule has 0 bridgehead atoms. The second-order valence-corrected chi connectivity index (χ2v) is 1.85. The summed E-state index contributed by atoms with van der Waals surface area (Å²) in [6, 6.07) is 0. The second-order valence-electron chi connectivity index (χ2n) is 1.85. The van der Waals surface area contributed by atoms with Gasteiger partial charge >= 0.3 is 0 Å². The van der Waals surface area contributed by atoms with Crippen molar-refractivity contribution in [3.8, 4) is 0 Å². The molecule has 3 nitrogen and oxygen atoms in total. The maximum absolute atomic E-state index is 7.18. The van der Waals surface area contributed by atoms with Gasteiger partial charge in [0, 0.05) is 12.6 Å². The predicted octanol–water partition coefficient (Wildman–Crippen LogP) is 1.88. The molecule has 0 aromatic heterocycles. The number of rotatable bonds is 1. The van der Waals surface area contributed by atoms with Crippen molar-refractivity contribution in [2.45, 2.75) is 27.2 Å². The summed E-state index contributed by atoms with van der Waals surface area (Å²) in [5.41, 5.74) is 0. The molecule has 0 aliphatic heterocycles. The van der Waals surface area contributed by atoms with Crippen molar-refractivity contribution in [2.75, 3.05) is 0 Å². The Bertz CT molecular complexity index is 168. The largest absolute Gasteiger partial charge is 0.287 e. The van der Waals surface area contributed by atoms with E-state index < -0.39 is 0 Å². The molecule has 0 aromatic carbocycles. The van der Waals surface area contributed by atoms with E-state index in [-0.39, 0.29) is 0 Å². The highest BCUT2D eigenvalue weighted by atomic mass is 14.9. The van der Waals surface area contributed by atoms with Gasteiger partial charge in [-0.3, -0.25) is 5.41 Å². The Hall–Kier alpha value is -0.990. The zero-order chi connectivity index (χ0) is 7.98. The molecule has 3 heteroatoms. The van der Waals surface area contributed by atoms with Gasteiger partial charge in [0.15, 0.2) is 0 Å². The highest BCUT2D eigenvalue weighted by Crippen LogP contribution is 1.86. The molecule has 0 aliphatic rings. The third-order valence-electron chi connectivity index (χ3n) is 0.948. The number of aliphatic imine (C=N–C) groups is 2. The zero-order valence-electron chi connectivity index (χ0n) is 6.68. The molecule has 0 radical (unpaired) electrons. The van der Waals surface area contributed by atoms with Crippen molar-refractivity contribution in [3.63, 3.8) is 0 Å². The van der Waals surface area contributed by atoms with Crippen LogP contribution in [-0.2, 0) is 0 Å². The summed E-state index contributed by atoms with van der Waals surface area (Å²) in [5, 5.41) is 7.18. The first-order valence-corrected chi connectivity index (χ1v) is 3.32. The molecular formula is C7H13N3. The van der Waals surface area contributed by atoms with Gasteiger partial charge in [-0.2, -0.15) is 0 Å². The molecule has 0 saturated heterocycles. The maximum atomic E-state index is 7.18. The molecule has 0 saturated carbocycles. The Morgan fingerprint density at radius 1 is 1.60 bits per heavy atom. The van der Waals surface area contributed by atoms with Crippen molar-refractivity contribution in [3.05, 3.63) is 0 Å². The van der Waals surface area contributed by atoms with Crippen molar-refractivity contribution in [2.24, 2.45) is 9.98 Å². The van der Waals surface area contributed by atoms with E-state index in [4.69, 9.17) is 5.41 Å². The van der Waals surface area contributed by atoms with Crippen molar-refractivity contribution in [1.29, 1.82) is 5.41 Å². The van der Waals surface area contributed by atoms with Crippen LogP contribution < -0.4 is 0 Å². The Kier molecular flexibility index (Phi) is 4.37. The summed E-state index contributed by atoms with van der Waals surface area (Å²) in [5.74, 6) is 1.03. The van der Waals surface area contributed by atoms with Crippen LogP contribution in [-0.4, -0.2) is 17.9 Å². The first kappa shape index (κ1) is 9.01. The van der Waals surface area contributed by atoms with Crippen molar-refractivity contribution in [1.82, 2.24) is 0 Å². The molecule has 0 heterocycles. The fourth-order valence-electron chi connectivity index (χ4n) is 0.490. The molecule has 1 N–H and O–H groups in total. The Labute approximate surface area is 61.4 Å². The van der Waals surface area contributed by atoms with Crippen LogP contribution in [0.5, 0.6) is 0 Å². The molecule has 0 aromatic rings. The lowest BCUT2D eigenvalue weighted by molar-refractivity contribution is 1.20. The van der Waals surface area contributed by atoms with Crippen LogP contribution in [0.1, 0.15) is 27.2 Å². The van der Waals surface area contributed by atoms with Gasteiger partial charge in [-0.1, -0.05) is 6.92 Å². The molecule has 0 fully saturated rings. The van der Waals surface area contributed by atoms with Crippen molar-refractivity contribution < 1.29 is 0 Å². The van der Waals surface area contributed by atoms with Crippen molar-refractivity contribution >= 4 is 17.9 Å². The summed E-state index contributed by atoms with van der Waals surface area (Å²) in [4.78, 5) is 7.78. The fourth-order valence-corrected chi connectivity index (χ4v) is 0.490. The highest BCUT2D eigenvalue weighted by Gasteiger charge is 1.87. The lowest BCUT2D eigenvalue weighted by Crippen LogP contribution is -1.94. The van der Waals surface area contributed by atoms with E-state index >= 15 is 0 Å². The number of hydrogen-bond donors (Lipinski definition) is 1. The average Bonchev–Trinajstić information content (AvgIpc) is 1.88. The number of hydrogen-bond acceptors (Lipinski definition) is 1. The Morgan fingerprint density at radius 3 is 2.60 bits per heavy atom. The highest BCUT2D eigenvalue weighted by molar-refractivity contribution is 5.97. The minimum absolute atomic E-state index is 0.378. The summed E-state index contributed by atoms with van der Waals surface area (Å²) in [6.45, 7) is 5.51. The molecule has 0 aliphatic carbocycles. The van der Waals surface area contributed by atoms with Crippen LogP contribution in [0, 0.1) is 5.41 Å². The quantitative estimate of drug-likeness (QED) is 0.426. The Balaban J connectivity index is 4.02. The first-order valence-electron chi connectivity index (χ1n) is 3.32. The van der Waals surface area contributed by atoms with E-state index in [9.17, 15) is 0 Å². The smallest absolute Gasteiger partial charge is 0.126 e. The minimum Gasteiger partial charge on any atom is -0.287 e. The van der Waals surface area contributed by atoms with Crippen LogP contribution >= 0.6 is 0 Å². The fraction of sp³-hybridized carbons (Fsp3) is 0.571. The van der Waals surface area contributed by atoms with E-state index in [0.717, 1.165) is 0 Å². The van der Waals surface area contributed by atoms with Crippen LogP contribution in [0.25, 0.3) is 0 Å². The van der Waals surface area contributed by atoms with Crippen LogP contribution in [0.4, 0.5) is 0 Å². The third-order valence-corrected chi connectivity index (χ3v) is 0.948.